The fourth-order valence-corrected chi connectivity index (χ4v) is 3.66. The van der Waals surface area contributed by atoms with Crippen molar-refractivity contribution in [2.75, 3.05) is 0 Å². The number of benzene rings is 2. The molecule has 0 spiro atoms. The van der Waals surface area contributed by atoms with E-state index < -0.39 is 0 Å². The molecule has 0 fully saturated rings. The van der Waals surface area contributed by atoms with E-state index in [-0.39, 0.29) is 17.8 Å². The molecule has 1 amide bonds. The van der Waals surface area contributed by atoms with Gasteiger partial charge in [-0.05, 0) is 80.1 Å². The van der Waals surface area contributed by atoms with Crippen LogP contribution in [-0.2, 0) is 12.8 Å². The molecule has 0 radical (unpaired) electrons. The molecule has 0 saturated heterocycles. The number of aromatic amines is 1. The summed E-state index contributed by atoms with van der Waals surface area (Å²) in [4.78, 5) is 15.9. The third-order valence-corrected chi connectivity index (χ3v) is 5.25. The Morgan fingerprint density at radius 1 is 1.16 bits per heavy atom. The average Bonchev–Trinajstić information content (AvgIpc) is 2.94. The van der Waals surface area contributed by atoms with Crippen LogP contribution in [0.5, 0.6) is 0 Å². The van der Waals surface area contributed by atoms with Gasteiger partial charge in [-0.1, -0.05) is 6.07 Å². The summed E-state index contributed by atoms with van der Waals surface area (Å²) in [5.41, 5.74) is 6.25. The predicted octanol–water partition coefficient (Wildman–Crippen LogP) is 4.21. The zero-order valence-corrected chi connectivity index (χ0v) is 14.4. The smallest absolute Gasteiger partial charge is 0.251 e. The number of nitrogens with one attached hydrogen (secondary N) is 2. The van der Waals surface area contributed by atoms with E-state index in [1.165, 1.54) is 11.6 Å². The van der Waals surface area contributed by atoms with E-state index in [1.807, 2.05) is 32.0 Å². The lowest BCUT2D eigenvalue weighted by Gasteiger charge is -2.24. The van der Waals surface area contributed by atoms with Crippen LogP contribution >= 0.6 is 0 Å². The van der Waals surface area contributed by atoms with E-state index in [2.05, 4.69) is 10.3 Å². The second kappa shape index (κ2) is 6.03. The largest absolute Gasteiger partial charge is 0.358 e. The van der Waals surface area contributed by atoms with Crippen molar-refractivity contribution in [2.24, 2.45) is 0 Å². The summed E-state index contributed by atoms with van der Waals surface area (Å²) in [6.45, 7) is 4.05. The highest BCUT2D eigenvalue weighted by molar-refractivity contribution is 5.94. The maximum Gasteiger partial charge on any atom is 0.251 e. The van der Waals surface area contributed by atoms with Gasteiger partial charge >= 0.3 is 0 Å². The Kier molecular flexibility index (Phi) is 3.83. The van der Waals surface area contributed by atoms with Crippen LogP contribution in [0.3, 0.4) is 0 Å². The molecule has 2 aromatic carbocycles. The third kappa shape index (κ3) is 2.93. The highest BCUT2D eigenvalue weighted by atomic mass is 19.1. The Balaban J connectivity index is 1.56. The lowest BCUT2D eigenvalue weighted by atomic mass is 9.91. The molecule has 3 nitrogen and oxygen atoms in total. The fraction of sp³-hybridized carbons (Fsp3) is 0.286. The summed E-state index contributed by atoms with van der Waals surface area (Å²) in [5, 5.41) is 4.08. The summed E-state index contributed by atoms with van der Waals surface area (Å²) in [6, 6.07) is 10.7. The van der Waals surface area contributed by atoms with Crippen molar-refractivity contribution in [1.29, 1.82) is 0 Å². The van der Waals surface area contributed by atoms with Crippen LogP contribution in [0, 0.1) is 19.7 Å². The normalized spacial score (nSPS) is 16.7. The first-order valence-electron chi connectivity index (χ1n) is 8.68. The second-order valence-electron chi connectivity index (χ2n) is 6.98. The molecule has 4 rings (SSSR count). The number of hydrogen-bond acceptors (Lipinski definition) is 1. The minimum Gasteiger partial charge on any atom is -0.358 e. The average molecular weight is 336 g/mol. The number of rotatable bonds is 2. The molecule has 1 aromatic heterocycles. The molecule has 0 aliphatic heterocycles. The summed E-state index contributed by atoms with van der Waals surface area (Å²) in [6.07, 6.45) is 2.48. The number of carbonyl (C=O) groups excluding carboxylic acids is 1. The van der Waals surface area contributed by atoms with E-state index in [9.17, 15) is 9.18 Å². The van der Waals surface area contributed by atoms with Crippen molar-refractivity contribution in [3.8, 4) is 0 Å². The maximum atomic E-state index is 13.6. The second-order valence-corrected chi connectivity index (χ2v) is 6.98. The number of carbonyl (C=O) groups is 1. The molecule has 0 saturated carbocycles. The number of fused-ring (bicyclic) bond motifs is 3. The molecule has 128 valence electrons. The topological polar surface area (TPSA) is 44.9 Å². The molecular weight excluding hydrogens is 315 g/mol. The highest BCUT2D eigenvalue weighted by Gasteiger charge is 2.24. The Morgan fingerprint density at radius 2 is 2.00 bits per heavy atom. The minimum atomic E-state index is -0.226. The quantitative estimate of drug-likeness (QED) is 0.723. The van der Waals surface area contributed by atoms with Gasteiger partial charge in [0.2, 0.25) is 0 Å². The number of amides is 1. The van der Waals surface area contributed by atoms with Gasteiger partial charge in [-0.25, -0.2) is 4.39 Å². The maximum absolute atomic E-state index is 13.6. The zero-order chi connectivity index (χ0) is 17.6. The van der Waals surface area contributed by atoms with Gasteiger partial charge in [0, 0.05) is 28.2 Å². The number of aromatic nitrogens is 1. The number of hydrogen-bond donors (Lipinski definition) is 2. The lowest BCUT2D eigenvalue weighted by Crippen LogP contribution is -2.38. The Morgan fingerprint density at radius 3 is 2.80 bits per heavy atom. The van der Waals surface area contributed by atoms with E-state index in [0.717, 1.165) is 47.0 Å². The molecule has 1 heterocycles. The molecule has 1 atom stereocenters. The van der Waals surface area contributed by atoms with Crippen molar-refractivity contribution >= 4 is 16.8 Å². The summed E-state index contributed by atoms with van der Waals surface area (Å²) < 4.78 is 13.6. The van der Waals surface area contributed by atoms with Gasteiger partial charge < -0.3 is 10.3 Å². The first-order valence-corrected chi connectivity index (χ1v) is 8.68. The van der Waals surface area contributed by atoms with Crippen molar-refractivity contribution in [3.05, 3.63) is 70.2 Å². The number of aryl methyl sites for hydroxylation is 3. The molecule has 25 heavy (non-hydrogen) atoms. The van der Waals surface area contributed by atoms with Crippen molar-refractivity contribution in [1.82, 2.24) is 10.3 Å². The van der Waals surface area contributed by atoms with Gasteiger partial charge in [0.1, 0.15) is 5.82 Å². The zero-order valence-electron chi connectivity index (χ0n) is 14.4. The van der Waals surface area contributed by atoms with E-state index >= 15 is 0 Å². The van der Waals surface area contributed by atoms with Crippen LogP contribution in [0.15, 0.2) is 36.4 Å². The molecule has 1 aliphatic carbocycles. The van der Waals surface area contributed by atoms with Gasteiger partial charge in [-0.3, -0.25) is 4.79 Å². The highest BCUT2D eigenvalue weighted by Crippen LogP contribution is 2.29. The van der Waals surface area contributed by atoms with Crippen molar-refractivity contribution in [3.63, 3.8) is 0 Å². The number of halogens is 1. The molecule has 2 N–H and O–H groups in total. The predicted molar refractivity (Wildman–Crippen MR) is 97.5 cm³/mol. The Hall–Kier alpha value is -2.62. The van der Waals surface area contributed by atoms with Gasteiger partial charge in [0.15, 0.2) is 0 Å². The van der Waals surface area contributed by atoms with Crippen LogP contribution in [0.1, 0.15) is 39.2 Å². The van der Waals surface area contributed by atoms with Crippen molar-refractivity contribution in [2.45, 2.75) is 39.2 Å². The molecule has 4 heteroatoms. The van der Waals surface area contributed by atoms with E-state index in [1.54, 1.807) is 12.1 Å². The fourth-order valence-electron chi connectivity index (χ4n) is 3.66. The monoisotopic (exact) mass is 336 g/mol. The molecule has 1 unspecified atom stereocenters. The van der Waals surface area contributed by atoms with Crippen LogP contribution < -0.4 is 5.32 Å². The molecular formula is C21H21FN2O. The first kappa shape index (κ1) is 15.9. The van der Waals surface area contributed by atoms with Gasteiger partial charge in [-0.2, -0.15) is 0 Å². The summed E-state index contributed by atoms with van der Waals surface area (Å²) in [5.74, 6) is -0.266. The van der Waals surface area contributed by atoms with Crippen LogP contribution in [0.25, 0.3) is 10.9 Å². The van der Waals surface area contributed by atoms with E-state index in [0.29, 0.717) is 5.56 Å². The van der Waals surface area contributed by atoms with Crippen LogP contribution in [-0.4, -0.2) is 16.9 Å². The first-order chi connectivity index (χ1) is 12.0. The lowest BCUT2D eigenvalue weighted by molar-refractivity contribution is 0.0933. The van der Waals surface area contributed by atoms with Crippen molar-refractivity contribution < 1.29 is 9.18 Å². The minimum absolute atomic E-state index is 0.0393. The number of H-pyrrole nitrogens is 1. The van der Waals surface area contributed by atoms with Gasteiger partial charge in [-0.15, -0.1) is 0 Å². The van der Waals surface area contributed by atoms with Crippen LogP contribution in [0.4, 0.5) is 4.39 Å². The molecule has 3 aromatic rings. The third-order valence-electron chi connectivity index (χ3n) is 5.25. The molecule has 0 bridgehead atoms. The Labute approximate surface area is 146 Å². The van der Waals surface area contributed by atoms with E-state index in [4.69, 9.17) is 0 Å². The molecule has 1 aliphatic rings. The SMILES string of the molecule is Cc1ccc(C(=O)NC2CCc3[nH]c4ccc(F)cc4c3C2)cc1C. The summed E-state index contributed by atoms with van der Waals surface area (Å²) >= 11 is 0. The van der Waals surface area contributed by atoms with Gasteiger partial charge in [0.05, 0.1) is 0 Å². The standard InChI is InChI=1S/C21H21FN2O/c1-12-3-4-14(9-13(12)2)21(25)23-16-6-8-20-18(11-16)17-10-15(22)5-7-19(17)24-20/h3-5,7,9-10,16,24H,6,8,11H2,1-2H3,(H,23,25). The Bertz CT molecular complexity index is 973. The summed E-state index contributed by atoms with van der Waals surface area (Å²) in [7, 11) is 0. The van der Waals surface area contributed by atoms with Crippen LogP contribution in [0.2, 0.25) is 0 Å². The van der Waals surface area contributed by atoms with Gasteiger partial charge in [0.25, 0.3) is 5.91 Å².